The molecule has 2 aromatic rings. The van der Waals surface area contributed by atoms with Gasteiger partial charge in [-0.05, 0) is 32.1 Å². The Morgan fingerprint density at radius 2 is 2.00 bits per heavy atom. The summed E-state index contributed by atoms with van der Waals surface area (Å²) in [7, 11) is 1.84. The van der Waals surface area contributed by atoms with Gasteiger partial charge in [0.1, 0.15) is 17.1 Å². The number of anilines is 1. The molecule has 9 heteroatoms. The maximum atomic E-state index is 13.5. The van der Waals surface area contributed by atoms with Crippen molar-refractivity contribution >= 4 is 17.6 Å². The van der Waals surface area contributed by atoms with Crippen molar-refractivity contribution in [1.82, 2.24) is 24.9 Å². The van der Waals surface area contributed by atoms with E-state index in [9.17, 15) is 9.59 Å². The summed E-state index contributed by atoms with van der Waals surface area (Å²) in [4.78, 5) is 38.7. The zero-order chi connectivity index (χ0) is 22.3. The van der Waals surface area contributed by atoms with Crippen LogP contribution in [0.5, 0.6) is 0 Å². The highest BCUT2D eigenvalue weighted by molar-refractivity contribution is 5.96. The van der Waals surface area contributed by atoms with Crippen LogP contribution in [0.15, 0.2) is 4.52 Å². The zero-order valence-electron chi connectivity index (χ0n) is 18.9. The summed E-state index contributed by atoms with van der Waals surface area (Å²) in [6, 6.07) is -0.216. The molecule has 2 aliphatic heterocycles. The summed E-state index contributed by atoms with van der Waals surface area (Å²) in [6.07, 6.45) is 2.40. The normalized spacial score (nSPS) is 18.5. The number of nitrogens with one attached hydrogen (secondary N) is 1. The van der Waals surface area contributed by atoms with Crippen LogP contribution in [0.2, 0.25) is 0 Å². The van der Waals surface area contributed by atoms with Gasteiger partial charge in [0.25, 0.3) is 5.91 Å². The SMILES string of the molecule is CNc1nc([C@@H]2CCCN2C(=O)c2c(C(C)C)noc2C)nc2c1CCN(C(C)=O)C2. The van der Waals surface area contributed by atoms with E-state index < -0.39 is 0 Å². The van der Waals surface area contributed by atoms with Gasteiger partial charge in [-0.2, -0.15) is 0 Å². The molecule has 1 fully saturated rings. The molecule has 1 N–H and O–H groups in total. The van der Waals surface area contributed by atoms with Crippen LogP contribution in [-0.2, 0) is 17.8 Å². The smallest absolute Gasteiger partial charge is 0.260 e. The molecule has 0 saturated carbocycles. The molecule has 166 valence electrons. The molecule has 2 aromatic heterocycles. The standard InChI is InChI=1S/C22H30N6O3/c1-12(2)19-18(13(3)31-26-19)22(30)28-9-6-7-17(28)21-24-16-11-27(14(4)29)10-8-15(16)20(23-5)25-21/h12,17H,6-11H2,1-5H3,(H,23,24,25)/t17-/m0/s1. The van der Waals surface area contributed by atoms with Crippen molar-refractivity contribution in [3.05, 3.63) is 34.1 Å². The number of carbonyl (C=O) groups is 2. The van der Waals surface area contributed by atoms with Gasteiger partial charge in [-0.15, -0.1) is 0 Å². The lowest BCUT2D eigenvalue weighted by atomic mass is 10.0. The second-order valence-electron chi connectivity index (χ2n) is 8.61. The lowest BCUT2D eigenvalue weighted by Crippen LogP contribution is -2.36. The quantitative estimate of drug-likeness (QED) is 0.801. The molecule has 2 amide bonds. The van der Waals surface area contributed by atoms with E-state index in [0.29, 0.717) is 42.5 Å². The second-order valence-corrected chi connectivity index (χ2v) is 8.61. The summed E-state index contributed by atoms with van der Waals surface area (Å²) in [5, 5.41) is 7.30. The number of fused-ring (bicyclic) bond motifs is 1. The minimum atomic E-state index is -0.216. The maximum absolute atomic E-state index is 13.5. The summed E-state index contributed by atoms with van der Waals surface area (Å²) in [5.41, 5.74) is 3.15. The zero-order valence-corrected chi connectivity index (χ0v) is 18.9. The minimum Gasteiger partial charge on any atom is -0.373 e. The van der Waals surface area contributed by atoms with Crippen molar-refractivity contribution in [3.8, 4) is 0 Å². The average Bonchev–Trinajstić information content (AvgIpc) is 3.39. The first-order chi connectivity index (χ1) is 14.8. The van der Waals surface area contributed by atoms with E-state index >= 15 is 0 Å². The van der Waals surface area contributed by atoms with Crippen LogP contribution in [0.1, 0.15) is 84.5 Å². The first-order valence-electron chi connectivity index (χ1n) is 10.9. The molecule has 9 nitrogen and oxygen atoms in total. The molecule has 0 aliphatic carbocycles. The molecule has 0 spiro atoms. The fraction of sp³-hybridized carbons (Fsp3) is 0.591. The minimum absolute atomic E-state index is 0.0404. The Morgan fingerprint density at radius 3 is 2.68 bits per heavy atom. The molecule has 0 unspecified atom stereocenters. The number of hydrogen-bond donors (Lipinski definition) is 1. The van der Waals surface area contributed by atoms with Gasteiger partial charge in [0.05, 0.1) is 24.0 Å². The van der Waals surface area contributed by atoms with Gasteiger partial charge in [0, 0.05) is 32.6 Å². The van der Waals surface area contributed by atoms with Gasteiger partial charge in [-0.3, -0.25) is 9.59 Å². The number of aryl methyl sites for hydroxylation is 1. The number of rotatable bonds is 4. The van der Waals surface area contributed by atoms with Crippen LogP contribution < -0.4 is 5.32 Å². The van der Waals surface area contributed by atoms with Gasteiger partial charge < -0.3 is 19.6 Å². The van der Waals surface area contributed by atoms with E-state index in [1.807, 2.05) is 25.8 Å². The summed E-state index contributed by atoms with van der Waals surface area (Å²) >= 11 is 0. The van der Waals surface area contributed by atoms with Crippen LogP contribution in [-0.4, -0.2) is 56.9 Å². The first-order valence-corrected chi connectivity index (χ1v) is 10.9. The van der Waals surface area contributed by atoms with Gasteiger partial charge in [-0.1, -0.05) is 19.0 Å². The van der Waals surface area contributed by atoms with Gasteiger partial charge in [0.2, 0.25) is 5.91 Å². The van der Waals surface area contributed by atoms with Gasteiger partial charge in [0.15, 0.2) is 5.82 Å². The number of carbonyl (C=O) groups excluding carboxylic acids is 2. The fourth-order valence-electron chi connectivity index (χ4n) is 4.54. The Morgan fingerprint density at radius 1 is 1.23 bits per heavy atom. The number of hydrogen-bond acceptors (Lipinski definition) is 7. The molecule has 31 heavy (non-hydrogen) atoms. The van der Waals surface area contributed by atoms with Gasteiger partial charge >= 0.3 is 0 Å². The molecule has 4 rings (SSSR count). The molecular weight excluding hydrogens is 396 g/mol. The third kappa shape index (κ3) is 3.77. The Bertz CT molecular complexity index is 1010. The highest BCUT2D eigenvalue weighted by Gasteiger charge is 2.37. The van der Waals surface area contributed by atoms with Crippen LogP contribution in [0.25, 0.3) is 0 Å². The van der Waals surface area contributed by atoms with Crippen molar-refractivity contribution in [2.75, 3.05) is 25.5 Å². The van der Waals surface area contributed by atoms with Crippen molar-refractivity contribution in [1.29, 1.82) is 0 Å². The fourth-order valence-corrected chi connectivity index (χ4v) is 4.54. The van der Waals surface area contributed by atoms with Crippen LogP contribution in [0.4, 0.5) is 5.82 Å². The van der Waals surface area contributed by atoms with Crippen LogP contribution >= 0.6 is 0 Å². The Hall–Kier alpha value is -2.97. The number of aromatic nitrogens is 3. The van der Waals surface area contributed by atoms with Crippen molar-refractivity contribution in [3.63, 3.8) is 0 Å². The Kier molecular flexibility index (Phi) is 5.68. The molecule has 2 aliphatic rings. The molecule has 0 bridgehead atoms. The van der Waals surface area contributed by atoms with Crippen LogP contribution in [0.3, 0.4) is 0 Å². The highest BCUT2D eigenvalue weighted by atomic mass is 16.5. The van der Waals surface area contributed by atoms with E-state index in [1.54, 1.807) is 18.7 Å². The second kappa shape index (κ2) is 8.28. The predicted octanol–water partition coefficient (Wildman–Crippen LogP) is 2.82. The van der Waals surface area contributed by atoms with E-state index in [2.05, 4.69) is 10.5 Å². The number of nitrogens with zero attached hydrogens (tertiary/aromatic N) is 5. The van der Waals surface area contributed by atoms with E-state index in [0.717, 1.165) is 36.3 Å². The van der Waals surface area contributed by atoms with Crippen molar-refractivity contribution in [2.45, 2.75) is 65.5 Å². The molecule has 1 saturated heterocycles. The lowest BCUT2D eigenvalue weighted by Gasteiger charge is -2.30. The largest absolute Gasteiger partial charge is 0.373 e. The summed E-state index contributed by atoms with van der Waals surface area (Å²) < 4.78 is 5.35. The maximum Gasteiger partial charge on any atom is 0.260 e. The summed E-state index contributed by atoms with van der Waals surface area (Å²) in [5.74, 6) is 2.00. The third-order valence-electron chi connectivity index (χ3n) is 6.23. The average molecular weight is 427 g/mol. The lowest BCUT2D eigenvalue weighted by molar-refractivity contribution is -0.129. The molecular formula is C22H30N6O3. The Balaban J connectivity index is 1.69. The van der Waals surface area contributed by atoms with E-state index in [1.165, 1.54) is 0 Å². The molecule has 1 atom stereocenters. The number of amides is 2. The molecule has 0 aromatic carbocycles. The van der Waals surface area contributed by atoms with E-state index in [4.69, 9.17) is 14.5 Å². The molecule has 0 radical (unpaired) electrons. The topological polar surface area (TPSA) is 104 Å². The summed E-state index contributed by atoms with van der Waals surface area (Å²) in [6.45, 7) is 9.14. The molecule has 4 heterocycles. The van der Waals surface area contributed by atoms with Crippen LogP contribution in [0, 0.1) is 6.92 Å². The predicted molar refractivity (Wildman–Crippen MR) is 115 cm³/mol. The highest BCUT2D eigenvalue weighted by Crippen LogP contribution is 2.35. The first kappa shape index (κ1) is 21.3. The number of likely N-dealkylation sites (tertiary alicyclic amines) is 1. The Labute approximate surface area is 182 Å². The van der Waals surface area contributed by atoms with Gasteiger partial charge in [-0.25, -0.2) is 9.97 Å². The monoisotopic (exact) mass is 426 g/mol. The van der Waals surface area contributed by atoms with Crippen molar-refractivity contribution in [2.24, 2.45) is 0 Å². The van der Waals surface area contributed by atoms with E-state index in [-0.39, 0.29) is 23.8 Å². The third-order valence-corrected chi connectivity index (χ3v) is 6.23. The van der Waals surface area contributed by atoms with Crippen molar-refractivity contribution < 1.29 is 14.1 Å².